The summed E-state index contributed by atoms with van der Waals surface area (Å²) in [5.41, 5.74) is 0.111. The SMILES string of the molecule is CCOC(=O)c1cc(C(Cl)C(C)=O)ccc1OC(F)F. The second kappa shape index (κ2) is 7.19. The molecule has 1 atom stereocenters. The van der Waals surface area contributed by atoms with Gasteiger partial charge in [0.2, 0.25) is 0 Å². The molecule has 4 nitrogen and oxygen atoms in total. The number of carbonyl (C=O) groups excluding carboxylic acids is 2. The van der Waals surface area contributed by atoms with Crippen molar-refractivity contribution in [3.8, 4) is 5.75 Å². The van der Waals surface area contributed by atoms with Gasteiger partial charge in [0, 0.05) is 0 Å². The van der Waals surface area contributed by atoms with Gasteiger partial charge in [-0.1, -0.05) is 6.07 Å². The Morgan fingerprint density at radius 2 is 2.00 bits per heavy atom. The van der Waals surface area contributed by atoms with E-state index in [2.05, 4.69) is 4.74 Å². The van der Waals surface area contributed by atoms with E-state index in [-0.39, 0.29) is 23.7 Å². The monoisotopic (exact) mass is 306 g/mol. The van der Waals surface area contributed by atoms with Crippen molar-refractivity contribution in [2.45, 2.75) is 25.8 Å². The van der Waals surface area contributed by atoms with Crippen LogP contribution in [0.4, 0.5) is 8.78 Å². The molecule has 0 aliphatic heterocycles. The van der Waals surface area contributed by atoms with E-state index in [0.29, 0.717) is 5.56 Å². The van der Waals surface area contributed by atoms with Crippen LogP contribution in [0.15, 0.2) is 18.2 Å². The molecule has 0 aromatic heterocycles. The molecule has 0 radical (unpaired) electrons. The number of alkyl halides is 3. The summed E-state index contributed by atoms with van der Waals surface area (Å²) in [6.07, 6.45) is 0. The van der Waals surface area contributed by atoms with Crippen molar-refractivity contribution < 1.29 is 27.8 Å². The molecule has 0 N–H and O–H groups in total. The van der Waals surface area contributed by atoms with E-state index in [0.717, 1.165) is 6.07 Å². The lowest BCUT2D eigenvalue weighted by molar-refractivity contribution is -0.116. The van der Waals surface area contributed by atoms with Gasteiger partial charge in [0.05, 0.1) is 6.61 Å². The third-order valence-corrected chi connectivity index (χ3v) is 2.92. The molecule has 0 saturated heterocycles. The molecular formula is C13H13ClF2O4. The minimum atomic E-state index is -3.08. The van der Waals surface area contributed by atoms with Gasteiger partial charge in [0.1, 0.15) is 16.7 Å². The summed E-state index contributed by atoms with van der Waals surface area (Å²) in [6.45, 7) is -0.136. The average Bonchev–Trinajstić information content (AvgIpc) is 2.37. The summed E-state index contributed by atoms with van der Waals surface area (Å²) in [5, 5.41) is -0.969. The first-order valence-corrected chi connectivity index (χ1v) is 6.20. The van der Waals surface area contributed by atoms with Gasteiger partial charge in [-0.05, 0) is 31.5 Å². The van der Waals surface area contributed by atoms with Gasteiger partial charge in [0.15, 0.2) is 5.78 Å². The van der Waals surface area contributed by atoms with Crippen molar-refractivity contribution in [3.63, 3.8) is 0 Å². The summed E-state index contributed by atoms with van der Waals surface area (Å²) in [7, 11) is 0. The Morgan fingerprint density at radius 1 is 1.35 bits per heavy atom. The maximum atomic E-state index is 12.3. The number of benzene rings is 1. The minimum absolute atomic E-state index is 0.0776. The number of ketones is 1. The normalized spacial score (nSPS) is 12.1. The molecule has 0 spiro atoms. The van der Waals surface area contributed by atoms with Crippen molar-refractivity contribution in [2.75, 3.05) is 6.61 Å². The Kier molecular flexibility index (Phi) is 5.88. The Balaban J connectivity index is 3.20. The van der Waals surface area contributed by atoms with Gasteiger partial charge in [-0.2, -0.15) is 8.78 Å². The molecule has 1 aromatic carbocycles. The van der Waals surface area contributed by atoms with Gasteiger partial charge in [0.25, 0.3) is 0 Å². The molecule has 1 unspecified atom stereocenters. The Hall–Kier alpha value is -1.69. The number of ether oxygens (including phenoxy) is 2. The van der Waals surface area contributed by atoms with Gasteiger partial charge in [-0.25, -0.2) is 4.79 Å². The lowest BCUT2D eigenvalue weighted by Gasteiger charge is -2.13. The molecule has 7 heteroatoms. The Labute approximate surface area is 119 Å². The van der Waals surface area contributed by atoms with E-state index in [9.17, 15) is 18.4 Å². The summed E-state index contributed by atoms with van der Waals surface area (Å²) < 4.78 is 33.6. The lowest BCUT2D eigenvalue weighted by atomic mass is 10.0. The van der Waals surface area contributed by atoms with E-state index in [4.69, 9.17) is 16.3 Å². The second-order valence-corrected chi connectivity index (χ2v) is 4.26. The van der Waals surface area contributed by atoms with Crippen molar-refractivity contribution in [2.24, 2.45) is 0 Å². The predicted molar refractivity (Wildman–Crippen MR) is 68.3 cm³/mol. The topological polar surface area (TPSA) is 52.6 Å². The number of hydrogen-bond acceptors (Lipinski definition) is 4. The quantitative estimate of drug-likeness (QED) is 0.597. The van der Waals surface area contributed by atoms with Crippen molar-refractivity contribution >= 4 is 23.4 Å². The molecule has 0 amide bonds. The van der Waals surface area contributed by atoms with E-state index >= 15 is 0 Å². The maximum absolute atomic E-state index is 12.3. The number of hydrogen-bond donors (Lipinski definition) is 0. The van der Waals surface area contributed by atoms with Crippen LogP contribution in [0.2, 0.25) is 0 Å². The van der Waals surface area contributed by atoms with Gasteiger partial charge < -0.3 is 9.47 Å². The van der Waals surface area contributed by atoms with Gasteiger partial charge in [-0.3, -0.25) is 4.79 Å². The third kappa shape index (κ3) is 4.16. The summed E-state index contributed by atoms with van der Waals surface area (Å²) in [5.74, 6) is -1.48. The van der Waals surface area contributed by atoms with Crippen LogP contribution in [0.5, 0.6) is 5.75 Å². The Morgan fingerprint density at radius 3 is 2.50 bits per heavy atom. The summed E-state index contributed by atoms with van der Waals surface area (Å²) in [4.78, 5) is 22.9. The highest BCUT2D eigenvalue weighted by atomic mass is 35.5. The van der Waals surface area contributed by atoms with E-state index < -0.39 is 18.0 Å². The highest BCUT2D eigenvalue weighted by Crippen LogP contribution is 2.29. The van der Waals surface area contributed by atoms with Gasteiger partial charge in [-0.15, -0.1) is 11.6 Å². The van der Waals surface area contributed by atoms with Crippen molar-refractivity contribution in [1.29, 1.82) is 0 Å². The highest BCUT2D eigenvalue weighted by Gasteiger charge is 2.21. The minimum Gasteiger partial charge on any atom is -0.462 e. The first-order valence-electron chi connectivity index (χ1n) is 5.77. The molecule has 110 valence electrons. The van der Waals surface area contributed by atoms with Crippen LogP contribution in [0.25, 0.3) is 0 Å². The summed E-state index contributed by atoms with van der Waals surface area (Å²) in [6, 6.07) is 3.72. The molecule has 20 heavy (non-hydrogen) atoms. The standard InChI is InChI=1S/C13H13ClF2O4/c1-3-19-12(18)9-6-8(11(14)7(2)17)4-5-10(9)20-13(15)16/h4-6,11,13H,3H2,1-2H3. The maximum Gasteiger partial charge on any atom is 0.387 e. The van der Waals surface area contributed by atoms with Gasteiger partial charge >= 0.3 is 12.6 Å². The third-order valence-electron chi connectivity index (χ3n) is 2.36. The first kappa shape index (κ1) is 16.4. The number of rotatable bonds is 6. The average molecular weight is 307 g/mol. The van der Waals surface area contributed by atoms with Crippen LogP contribution < -0.4 is 4.74 Å². The summed E-state index contributed by atoms with van der Waals surface area (Å²) >= 11 is 5.86. The zero-order valence-electron chi connectivity index (χ0n) is 10.9. The second-order valence-electron chi connectivity index (χ2n) is 3.83. The van der Waals surface area contributed by atoms with Crippen LogP contribution in [-0.2, 0) is 9.53 Å². The largest absolute Gasteiger partial charge is 0.462 e. The molecule has 0 bridgehead atoms. The number of halogens is 3. The molecule has 0 heterocycles. The van der Waals surface area contributed by atoms with Crippen LogP contribution in [0.3, 0.4) is 0 Å². The number of carbonyl (C=O) groups is 2. The zero-order chi connectivity index (χ0) is 15.3. The fourth-order valence-electron chi connectivity index (χ4n) is 1.51. The Bertz CT molecular complexity index is 505. The fraction of sp³-hybridized carbons (Fsp3) is 0.385. The number of Topliss-reactive ketones (excluding diaryl/α,β-unsaturated/α-hetero) is 1. The van der Waals surface area contributed by atoms with Crippen molar-refractivity contribution in [3.05, 3.63) is 29.3 Å². The van der Waals surface area contributed by atoms with E-state index in [1.165, 1.54) is 19.1 Å². The molecule has 0 fully saturated rings. The van der Waals surface area contributed by atoms with E-state index in [1.54, 1.807) is 6.92 Å². The van der Waals surface area contributed by atoms with Crippen LogP contribution in [0.1, 0.15) is 35.1 Å². The van der Waals surface area contributed by atoms with Crippen LogP contribution >= 0.6 is 11.6 Å². The van der Waals surface area contributed by atoms with Crippen molar-refractivity contribution in [1.82, 2.24) is 0 Å². The fourth-order valence-corrected chi connectivity index (χ4v) is 1.64. The predicted octanol–water partition coefficient (Wildman–Crippen LogP) is 3.33. The molecule has 0 aliphatic rings. The molecule has 0 saturated carbocycles. The number of esters is 1. The van der Waals surface area contributed by atoms with Crippen LogP contribution in [0, 0.1) is 0 Å². The molecule has 1 rings (SSSR count). The molecule has 1 aromatic rings. The highest BCUT2D eigenvalue weighted by molar-refractivity contribution is 6.30. The zero-order valence-corrected chi connectivity index (χ0v) is 11.6. The first-order chi connectivity index (χ1) is 9.36. The molecular weight excluding hydrogens is 294 g/mol. The smallest absolute Gasteiger partial charge is 0.387 e. The van der Waals surface area contributed by atoms with E-state index in [1.807, 2.05) is 0 Å². The van der Waals surface area contributed by atoms with Crippen LogP contribution in [-0.4, -0.2) is 25.0 Å². The molecule has 0 aliphatic carbocycles. The lowest BCUT2D eigenvalue weighted by Crippen LogP contribution is -2.12.